The molecule has 0 radical (unpaired) electrons. The molecule has 1 N–H and O–H groups in total. The van der Waals surface area contributed by atoms with Crippen molar-refractivity contribution in [2.75, 3.05) is 6.54 Å². The van der Waals surface area contributed by atoms with Crippen LogP contribution in [0.2, 0.25) is 0 Å². The lowest BCUT2D eigenvalue weighted by Gasteiger charge is -2.27. The van der Waals surface area contributed by atoms with E-state index < -0.39 is 0 Å². The van der Waals surface area contributed by atoms with E-state index in [0.29, 0.717) is 5.41 Å². The van der Waals surface area contributed by atoms with Gasteiger partial charge < -0.3 is 5.32 Å². The Morgan fingerprint density at radius 1 is 1.29 bits per heavy atom. The summed E-state index contributed by atoms with van der Waals surface area (Å²) in [4.78, 5) is 2.91. The maximum atomic E-state index is 3.70. The average Bonchev–Trinajstić information content (AvgIpc) is 2.88. The summed E-state index contributed by atoms with van der Waals surface area (Å²) in [6.45, 7) is 9.05. The van der Waals surface area contributed by atoms with Crippen LogP contribution in [0, 0.1) is 19.3 Å². The van der Waals surface area contributed by atoms with Gasteiger partial charge in [-0.15, -0.1) is 11.3 Å². The van der Waals surface area contributed by atoms with Crippen molar-refractivity contribution >= 4 is 11.3 Å². The molecule has 1 aliphatic carbocycles. The van der Waals surface area contributed by atoms with E-state index in [9.17, 15) is 0 Å². The molecule has 0 atom stereocenters. The molecule has 1 saturated carbocycles. The van der Waals surface area contributed by atoms with Crippen molar-refractivity contribution in [3.8, 4) is 0 Å². The van der Waals surface area contributed by atoms with Crippen molar-refractivity contribution < 1.29 is 0 Å². The molecule has 1 aliphatic rings. The molecule has 1 fully saturated rings. The summed E-state index contributed by atoms with van der Waals surface area (Å²) in [5, 5.41) is 3.70. The monoisotopic (exact) mass is 251 g/mol. The SMILES string of the molecule is CCC1(CNCc2cc(C)sc2C)CCCC1. The van der Waals surface area contributed by atoms with Gasteiger partial charge >= 0.3 is 0 Å². The fourth-order valence-electron chi connectivity index (χ4n) is 3.10. The van der Waals surface area contributed by atoms with Crippen LogP contribution in [0.4, 0.5) is 0 Å². The largest absolute Gasteiger partial charge is 0.312 e. The van der Waals surface area contributed by atoms with Crippen molar-refractivity contribution in [3.05, 3.63) is 21.4 Å². The maximum absolute atomic E-state index is 3.70. The van der Waals surface area contributed by atoms with Crippen molar-refractivity contribution in [2.24, 2.45) is 5.41 Å². The van der Waals surface area contributed by atoms with Crippen LogP contribution in [0.25, 0.3) is 0 Å². The Morgan fingerprint density at radius 3 is 2.53 bits per heavy atom. The molecule has 0 amide bonds. The lowest BCUT2D eigenvalue weighted by atomic mass is 9.83. The minimum atomic E-state index is 0.610. The van der Waals surface area contributed by atoms with Gasteiger partial charge in [-0.1, -0.05) is 19.8 Å². The topological polar surface area (TPSA) is 12.0 Å². The van der Waals surface area contributed by atoms with Crippen molar-refractivity contribution in [2.45, 2.75) is 59.4 Å². The first-order valence-electron chi connectivity index (χ1n) is 6.92. The van der Waals surface area contributed by atoms with Crippen molar-refractivity contribution in [3.63, 3.8) is 0 Å². The molecular formula is C15H25NS. The molecular weight excluding hydrogens is 226 g/mol. The van der Waals surface area contributed by atoms with E-state index in [1.165, 1.54) is 54.0 Å². The summed E-state index contributed by atoms with van der Waals surface area (Å²) in [5.74, 6) is 0. The maximum Gasteiger partial charge on any atom is 0.0216 e. The van der Waals surface area contributed by atoms with Gasteiger partial charge in [0.15, 0.2) is 0 Å². The van der Waals surface area contributed by atoms with Crippen LogP contribution in [0.15, 0.2) is 6.07 Å². The third-order valence-electron chi connectivity index (χ3n) is 4.37. The molecule has 0 unspecified atom stereocenters. The van der Waals surface area contributed by atoms with E-state index in [2.05, 4.69) is 32.2 Å². The van der Waals surface area contributed by atoms with Gasteiger partial charge in [0.25, 0.3) is 0 Å². The summed E-state index contributed by atoms with van der Waals surface area (Å²) < 4.78 is 0. The molecule has 0 spiro atoms. The van der Waals surface area contributed by atoms with Crippen LogP contribution in [-0.2, 0) is 6.54 Å². The second kappa shape index (κ2) is 5.53. The highest BCUT2D eigenvalue weighted by atomic mass is 32.1. The summed E-state index contributed by atoms with van der Waals surface area (Å²) in [6, 6.07) is 2.33. The van der Waals surface area contributed by atoms with Crippen molar-refractivity contribution in [1.82, 2.24) is 5.32 Å². The summed E-state index contributed by atoms with van der Waals surface area (Å²) in [5.41, 5.74) is 2.11. The number of thiophene rings is 1. The first kappa shape index (κ1) is 13.1. The smallest absolute Gasteiger partial charge is 0.0216 e. The number of hydrogen-bond acceptors (Lipinski definition) is 2. The zero-order valence-electron chi connectivity index (χ0n) is 11.4. The van der Waals surface area contributed by atoms with E-state index >= 15 is 0 Å². The molecule has 1 heterocycles. The Labute approximate surface area is 110 Å². The third-order valence-corrected chi connectivity index (χ3v) is 5.38. The zero-order chi connectivity index (χ0) is 12.3. The number of nitrogens with one attached hydrogen (secondary N) is 1. The first-order valence-corrected chi connectivity index (χ1v) is 7.73. The van der Waals surface area contributed by atoms with Crippen LogP contribution < -0.4 is 5.32 Å². The minimum absolute atomic E-state index is 0.610. The van der Waals surface area contributed by atoms with Gasteiger partial charge in [0.05, 0.1) is 0 Å². The van der Waals surface area contributed by atoms with E-state index in [-0.39, 0.29) is 0 Å². The normalized spacial score (nSPS) is 18.8. The fourth-order valence-corrected chi connectivity index (χ4v) is 4.05. The standard InChI is InChI=1S/C15H25NS/c1-4-15(7-5-6-8-15)11-16-10-14-9-12(2)17-13(14)3/h9,16H,4-8,10-11H2,1-3H3. The Balaban J connectivity index is 1.84. The Morgan fingerprint density at radius 2 is 2.00 bits per heavy atom. The van der Waals surface area contributed by atoms with Crippen LogP contribution in [0.1, 0.15) is 54.3 Å². The highest BCUT2D eigenvalue weighted by molar-refractivity contribution is 7.12. The molecule has 1 aromatic rings. The van der Waals surface area contributed by atoms with Gasteiger partial charge in [0.1, 0.15) is 0 Å². The third kappa shape index (κ3) is 3.11. The number of hydrogen-bond donors (Lipinski definition) is 1. The van der Waals surface area contributed by atoms with E-state index in [1.807, 2.05) is 11.3 Å². The number of rotatable bonds is 5. The minimum Gasteiger partial charge on any atom is -0.312 e. The molecule has 0 bridgehead atoms. The average molecular weight is 251 g/mol. The van der Waals surface area contributed by atoms with Gasteiger partial charge in [0.2, 0.25) is 0 Å². The second-order valence-electron chi connectivity index (χ2n) is 5.60. The zero-order valence-corrected chi connectivity index (χ0v) is 12.3. The predicted molar refractivity (Wildman–Crippen MR) is 76.7 cm³/mol. The summed E-state index contributed by atoms with van der Waals surface area (Å²) >= 11 is 1.92. The summed E-state index contributed by atoms with van der Waals surface area (Å²) in [7, 11) is 0. The van der Waals surface area contributed by atoms with Crippen LogP contribution in [0.3, 0.4) is 0 Å². The lowest BCUT2D eigenvalue weighted by molar-refractivity contribution is 0.268. The molecule has 1 aromatic heterocycles. The van der Waals surface area contributed by atoms with Crippen molar-refractivity contribution in [1.29, 1.82) is 0 Å². The van der Waals surface area contributed by atoms with E-state index in [4.69, 9.17) is 0 Å². The second-order valence-corrected chi connectivity index (χ2v) is 7.06. The van der Waals surface area contributed by atoms with E-state index in [1.54, 1.807) is 0 Å². The molecule has 0 saturated heterocycles. The lowest BCUT2D eigenvalue weighted by Crippen LogP contribution is -2.31. The highest BCUT2D eigenvalue weighted by Crippen LogP contribution is 2.40. The Bertz CT molecular complexity index is 361. The van der Waals surface area contributed by atoms with E-state index in [0.717, 1.165) is 6.54 Å². The highest BCUT2D eigenvalue weighted by Gasteiger charge is 2.31. The summed E-state index contributed by atoms with van der Waals surface area (Å²) in [6.07, 6.45) is 7.07. The first-order chi connectivity index (χ1) is 8.15. The molecule has 2 heteroatoms. The molecule has 0 aliphatic heterocycles. The predicted octanol–water partition coefficient (Wildman–Crippen LogP) is 4.42. The van der Waals surface area contributed by atoms with Gasteiger partial charge in [-0.2, -0.15) is 0 Å². The quantitative estimate of drug-likeness (QED) is 0.816. The number of aryl methyl sites for hydroxylation is 2. The molecule has 17 heavy (non-hydrogen) atoms. The van der Waals surface area contributed by atoms with Crippen LogP contribution in [-0.4, -0.2) is 6.54 Å². The fraction of sp³-hybridized carbons (Fsp3) is 0.733. The molecule has 0 aromatic carbocycles. The Kier molecular flexibility index (Phi) is 4.26. The van der Waals surface area contributed by atoms with Gasteiger partial charge in [-0.3, -0.25) is 0 Å². The van der Waals surface area contributed by atoms with Gasteiger partial charge in [-0.25, -0.2) is 0 Å². The molecule has 96 valence electrons. The van der Waals surface area contributed by atoms with Gasteiger partial charge in [0, 0.05) is 22.8 Å². The van der Waals surface area contributed by atoms with Crippen LogP contribution >= 0.6 is 11.3 Å². The Hall–Kier alpha value is -0.340. The molecule has 2 rings (SSSR count). The molecule has 1 nitrogen and oxygen atoms in total. The van der Waals surface area contributed by atoms with Gasteiger partial charge in [-0.05, 0) is 50.2 Å². The van der Waals surface area contributed by atoms with Crippen LogP contribution in [0.5, 0.6) is 0 Å².